The van der Waals surface area contributed by atoms with Crippen LogP contribution in [-0.4, -0.2) is 51.7 Å². The molecular formula is C16H28IN5S. The number of thioether (sulfide) groups is 1. The molecule has 5 nitrogen and oxygen atoms in total. The van der Waals surface area contributed by atoms with Crippen molar-refractivity contribution >= 4 is 41.7 Å². The summed E-state index contributed by atoms with van der Waals surface area (Å²) in [5.74, 6) is 2.25. The van der Waals surface area contributed by atoms with E-state index in [0.29, 0.717) is 4.75 Å². The molecule has 1 saturated carbocycles. The first-order valence-electron chi connectivity index (χ1n) is 8.31. The molecule has 0 unspecified atom stereocenters. The van der Waals surface area contributed by atoms with Crippen molar-refractivity contribution in [1.29, 1.82) is 0 Å². The number of nitrogens with zero attached hydrogens (tertiary/aromatic N) is 3. The van der Waals surface area contributed by atoms with E-state index in [-0.39, 0.29) is 24.0 Å². The number of hydrogen-bond acceptors (Lipinski definition) is 3. The van der Waals surface area contributed by atoms with E-state index in [1.54, 1.807) is 0 Å². The number of H-pyrrole nitrogens is 1. The smallest absolute Gasteiger partial charge is 0.193 e. The molecule has 1 aliphatic heterocycles. The minimum absolute atomic E-state index is 0. The van der Waals surface area contributed by atoms with Crippen molar-refractivity contribution in [2.75, 3.05) is 25.9 Å². The van der Waals surface area contributed by atoms with Crippen molar-refractivity contribution in [3.63, 3.8) is 0 Å². The monoisotopic (exact) mass is 449 g/mol. The van der Waals surface area contributed by atoms with Gasteiger partial charge in [0.15, 0.2) is 5.96 Å². The molecule has 0 atom stereocenters. The van der Waals surface area contributed by atoms with Gasteiger partial charge in [-0.05, 0) is 19.8 Å². The highest BCUT2D eigenvalue weighted by Crippen LogP contribution is 2.42. The lowest BCUT2D eigenvalue weighted by atomic mass is 9.87. The lowest BCUT2D eigenvalue weighted by Crippen LogP contribution is -2.53. The summed E-state index contributed by atoms with van der Waals surface area (Å²) in [6.07, 6.45) is 8.82. The first-order valence-corrected chi connectivity index (χ1v) is 9.29. The molecular weight excluding hydrogens is 421 g/mol. The lowest BCUT2D eigenvalue weighted by molar-refractivity contribution is 0.293. The molecule has 7 heteroatoms. The van der Waals surface area contributed by atoms with Crippen molar-refractivity contribution < 1.29 is 0 Å². The summed E-state index contributed by atoms with van der Waals surface area (Å²) in [4.78, 5) is 6.97. The number of hydrogen-bond donors (Lipinski definition) is 2. The quantitative estimate of drug-likeness (QED) is 0.414. The van der Waals surface area contributed by atoms with E-state index < -0.39 is 0 Å². The summed E-state index contributed by atoms with van der Waals surface area (Å²) in [5, 5.41) is 10.6. The van der Waals surface area contributed by atoms with Crippen LogP contribution < -0.4 is 5.32 Å². The molecule has 130 valence electrons. The fraction of sp³-hybridized carbons (Fsp3) is 0.750. The fourth-order valence-electron chi connectivity index (χ4n) is 3.58. The second kappa shape index (κ2) is 8.60. The van der Waals surface area contributed by atoms with Gasteiger partial charge in [-0.25, -0.2) is 0 Å². The highest BCUT2D eigenvalue weighted by atomic mass is 127. The van der Waals surface area contributed by atoms with Crippen molar-refractivity contribution in [2.24, 2.45) is 4.99 Å². The van der Waals surface area contributed by atoms with Gasteiger partial charge < -0.3 is 10.2 Å². The Kier molecular flexibility index (Phi) is 7.06. The van der Waals surface area contributed by atoms with E-state index in [1.807, 2.05) is 13.2 Å². The van der Waals surface area contributed by atoms with Crippen LogP contribution in [0.2, 0.25) is 0 Å². The second-order valence-corrected chi connectivity index (χ2v) is 8.00. The van der Waals surface area contributed by atoms with Gasteiger partial charge in [0.1, 0.15) is 0 Å². The average Bonchev–Trinajstić information content (AvgIpc) is 2.94. The van der Waals surface area contributed by atoms with Crippen LogP contribution in [0.4, 0.5) is 0 Å². The van der Waals surface area contributed by atoms with Gasteiger partial charge in [-0.2, -0.15) is 16.9 Å². The van der Waals surface area contributed by atoms with Crippen molar-refractivity contribution in [2.45, 2.75) is 50.3 Å². The summed E-state index contributed by atoms with van der Waals surface area (Å²) >= 11 is 2.20. The summed E-state index contributed by atoms with van der Waals surface area (Å²) in [5.41, 5.74) is 2.33. The first kappa shape index (κ1) is 18.9. The Labute approximate surface area is 160 Å². The minimum atomic E-state index is 0. The van der Waals surface area contributed by atoms with Crippen LogP contribution >= 0.6 is 35.7 Å². The predicted octanol–water partition coefficient (Wildman–Crippen LogP) is 3.16. The van der Waals surface area contributed by atoms with Gasteiger partial charge in [-0.15, -0.1) is 24.0 Å². The molecule has 2 N–H and O–H groups in total. The molecule has 0 radical (unpaired) electrons. The molecule has 2 fully saturated rings. The van der Waals surface area contributed by atoms with Gasteiger partial charge in [0.05, 0.1) is 6.20 Å². The van der Waals surface area contributed by atoms with Crippen LogP contribution in [-0.2, 0) is 6.54 Å². The molecule has 1 aromatic rings. The van der Waals surface area contributed by atoms with Gasteiger partial charge in [0.2, 0.25) is 0 Å². The highest BCUT2D eigenvalue weighted by molar-refractivity contribution is 14.0. The second-order valence-electron chi connectivity index (χ2n) is 6.43. The molecule has 23 heavy (non-hydrogen) atoms. The number of rotatable bonds is 2. The third-order valence-electron chi connectivity index (χ3n) is 4.90. The number of aromatic amines is 1. The van der Waals surface area contributed by atoms with Gasteiger partial charge >= 0.3 is 0 Å². The van der Waals surface area contributed by atoms with Crippen LogP contribution in [0, 0.1) is 6.92 Å². The average molecular weight is 449 g/mol. The number of halogens is 1. The van der Waals surface area contributed by atoms with E-state index in [0.717, 1.165) is 31.3 Å². The highest BCUT2D eigenvalue weighted by Gasteiger charge is 2.38. The Morgan fingerprint density at radius 1 is 1.43 bits per heavy atom. The molecule has 1 aromatic heterocycles. The van der Waals surface area contributed by atoms with Crippen molar-refractivity contribution in [3.8, 4) is 0 Å². The van der Waals surface area contributed by atoms with Crippen LogP contribution in [0.1, 0.15) is 43.4 Å². The molecule has 0 aromatic carbocycles. The molecule has 3 rings (SSSR count). The molecule has 1 spiro atoms. The molecule has 1 aliphatic carbocycles. The number of aromatic nitrogens is 2. The van der Waals surface area contributed by atoms with Gasteiger partial charge in [-0.3, -0.25) is 10.1 Å². The first-order chi connectivity index (χ1) is 10.7. The zero-order chi connectivity index (χ0) is 15.4. The maximum absolute atomic E-state index is 4.51. The molecule has 1 saturated heterocycles. The van der Waals surface area contributed by atoms with Crippen LogP contribution in [0.25, 0.3) is 0 Å². The summed E-state index contributed by atoms with van der Waals surface area (Å²) < 4.78 is 0.472. The molecule has 0 bridgehead atoms. The van der Waals surface area contributed by atoms with E-state index in [1.165, 1.54) is 43.4 Å². The Balaban J connectivity index is 0.00000192. The van der Waals surface area contributed by atoms with Gasteiger partial charge in [0.25, 0.3) is 0 Å². The Bertz CT molecular complexity index is 519. The zero-order valence-corrected chi connectivity index (χ0v) is 17.2. The predicted molar refractivity (Wildman–Crippen MR) is 109 cm³/mol. The number of aryl methyl sites for hydroxylation is 1. The minimum Gasteiger partial charge on any atom is -0.352 e. The Morgan fingerprint density at radius 2 is 2.22 bits per heavy atom. The SMILES string of the molecule is CN=C(NCc1cn[nH]c1C)N1CCSC2(CCCCC2)C1.I. The molecule has 0 amide bonds. The topological polar surface area (TPSA) is 56.3 Å². The Morgan fingerprint density at radius 3 is 2.87 bits per heavy atom. The summed E-state index contributed by atoms with van der Waals surface area (Å²) in [6, 6.07) is 0. The largest absolute Gasteiger partial charge is 0.352 e. The van der Waals surface area contributed by atoms with E-state index >= 15 is 0 Å². The number of aliphatic imine (C=N–C) groups is 1. The van der Waals surface area contributed by atoms with Crippen LogP contribution in [0.5, 0.6) is 0 Å². The van der Waals surface area contributed by atoms with Gasteiger partial charge in [-0.1, -0.05) is 19.3 Å². The van der Waals surface area contributed by atoms with E-state index in [4.69, 9.17) is 0 Å². The molecule has 2 heterocycles. The van der Waals surface area contributed by atoms with Crippen LogP contribution in [0.3, 0.4) is 0 Å². The van der Waals surface area contributed by atoms with Gasteiger partial charge in [0, 0.05) is 48.4 Å². The van der Waals surface area contributed by atoms with Crippen molar-refractivity contribution in [3.05, 3.63) is 17.5 Å². The third kappa shape index (κ3) is 4.55. The summed E-state index contributed by atoms with van der Waals surface area (Å²) in [6.45, 7) is 5.07. The zero-order valence-electron chi connectivity index (χ0n) is 14.1. The maximum Gasteiger partial charge on any atom is 0.193 e. The Hall–Kier alpha value is -0.440. The normalized spacial score (nSPS) is 21.1. The lowest BCUT2D eigenvalue weighted by Gasteiger charge is -2.45. The maximum atomic E-state index is 4.51. The third-order valence-corrected chi connectivity index (χ3v) is 6.43. The standard InChI is InChI=1S/C16H27N5S.HI/c1-13-14(11-19-20-13)10-18-15(17-2)21-8-9-22-16(12-21)6-4-3-5-7-16;/h11H,3-10,12H2,1-2H3,(H,17,18)(H,19,20);1H. The van der Waals surface area contributed by atoms with E-state index in [9.17, 15) is 0 Å². The van der Waals surface area contributed by atoms with Crippen molar-refractivity contribution in [1.82, 2.24) is 20.4 Å². The number of guanidine groups is 1. The fourth-order valence-corrected chi connectivity index (χ4v) is 5.15. The van der Waals surface area contributed by atoms with E-state index in [2.05, 4.69) is 44.1 Å². The summed E-state index contributed by atoms with van der Waals surface area (Å²) in [7, 11) is 1.89. The number of nitrogens with one attached hydrogen (secondary N) is 2. The molecule has 2 aliphatic rings. The van der Waals surface area contributed by atoms with Crippen LogP contribution in [0.15, 0.2) is 11.2 Å².